The molecule has 10 rings (SSSR count). The summed E-state index contributed by atoms with van der Waals surface area (Å²) in [4.78, 5) is 4.48. The van der Waals surface area contributed by atoms with Crippen LogP contribution in [-0.4, -0.2) is 13.5 Å². The smallest absolute Gasteiger partial charge is 0.496 e. The van der Waals surface area contributed by atoms with Gasteiger partial charge in [0.1, 0.15) is 11.5 Å². The third-order valence-corrected chi connectivity index (χ3v) is 11.8. The minimum Gasteiger partial charge on any atom is -0.496 e. The van der Waals surface area contributed by atoms with Gasteiger partial charge in [0.05, 0.1) is 24.2 Å². The van der Waals surface area contributed by atoms with Crippen molar-refractivity contribution in [2.24, 2.45) is 0 Å². The number of hydrogen-bond donors (Lipinski definition) is 0. The molecule has 0 radical (unpaired) electrons. The highest BCUT2D eigenvalue weighted by Crippen LogP contribution is 2.56. The number of fused-ring (bicyclic) bond motifs is 7. The highest BCUT2D eigenvalue weighted by Gasteiger charge is 2.39. The molecule has 0 bridgehead atoms. The van der Waals surface area contributed by atoms with E-state index in [-0.39, 0.29) is 5.75 Å². The van der Waals surface area contributed by atoms with Crippen molar-refractivity contribution in [3.8, 4) is 22.6 Å². The van der Waals surface area contributed by atoms with Crippen LogP contribution in [0.1, 0.15) is 25.0 Å². The zero-order valence-corrected chi connectivity index (χ0v) is 33.2. The van der Waals surface area contributed by atoms with Crippen molar-refractivity contribution in [3.63, 3.8) is 0 Å². The molecule has 9 aromatic rings. The zero-order valence-electron chi connectivity index (χ0n) is 33.2. The van der Waals surface area contributed by atoms with Crippen LogP contribution in [0.4, 0.5) is 47.3 Å². The Morgan fingerprint density at radius 1 is 0.433 bits per heavy atom. The Hall–Kier alpha value is -7.25. The van der Waals surface area contributed by atoms with Gasteiger partial charge in [-0.05, 0) is 94.4 Å². The lowest BCUT2D eigenvalue weighted by molar-refractivity contribution is -0.274. The molecule has 60 heavy (non-hydrogen) atoms. The fourth-order valence-corrected chi connectivity index (χ4v) is 9.16. The minimum atomic E-state index is -4.83. The van der Waals surface area contributed by atoms with Crippen LogP contribution in [0.15, 0.2) is 182 Å². The van der Waals surface area contributed by atoms with Gasteiger partial charge in [-0.1, -0.05) is 129 Å². The molecule has 4 nitrogen and oxygen atoms in total. The van der Waals surface area contributed by atoms with Crippen LogP contribution in [-0.2, 0) is 5.41 Å². The van der Waals surface area contributed by atoms with Gasteiger partial charge in [0.15, 0.2) is 0 Å². The third-order valence-electron chi connectivity index (χ3n) is 11.8. The van der Waals surface area contributed by atoms with Gasteiger partial charge in [-0.3, -0.25) is 0 Å². The molecular formula is C53H39F3N2O2. The van der Waals surface area contributed by atoms with Crippen LogP contribution < -0.4 is 19.3 Å². The molecular weight excluding hydrogens is 754 g/mol. The minimum absolute atomic E-state index is 0.242. The summed E-state index contributed by atoms with van der Waals surface area (Å²) in [6, 6.07) is 60.7. The van der Waals surface area contributed by atoms with E-state index < -0.39 is 11.8 Å². The molecule has 0 amide bonds. The van der Waals surface area contributed by atoms with Crippen molar-refractivity contribution in [3.05, 3.63) is 193 Å². The largest absolute Gasteiger partial charge is 0.573 e. The lowest BCUT2D eigenvalue weighted by Crippen LogP contribution is -2.18. The molecule has 0 spiro atoms. The number of benzene rings is 9. The number of alkyl halides is 3. The molecule has 0 saturated heterocycles. The molecule has 294 valence electrons. The topological polar surface area (TPSA) is 24.9 Å². The molecule has 0 saturated carbocycles. The number of methoxy groups -OCH3 is 1. The molecule has 7 heteroatoms. The first-order chi connectivity index (χ1) is 29.1. The van der Waals surface area contributed by atoms with E-state index in [1.807, 2.05) is 66.7 Å². The summed E-state index contributed by atoms with van der Waals surface area (Å²) in [5.41, 5.74) is 9.87. The summed E-state index contributed by atoms with van der Waals surface area (Å²) in [7, 11) is 1.70. The van der Waals surface area contributed by atoms with Crippen molar-refractivity contribution in [2.75, 3.05) is 16.9 Å². The molecule has 0 aromatic heterocycles. The lowest BCUT2D eigenvalue weighted by Gasteiger charge is -2.31. The van der Waals surface area contributed by atoms with E-state index in [9.17, 15) is 13.2 Å². The normalized spacial score (nSPS) is 13.0. The monoisotopic (exact) mass is 792 g/mol. The Balaban J connectivity index is 1.18. The van der Waals surface area contributed by atoms with Crippen molar-refractivity contribution in [1.82, 2.24) is 0 Å². The van der Waals surface area contributed by atoms with Crippen LogP contribution in [0.25, 0.3) is 43.4 Å². The summed E-state index contributed by atoms with van der Waals surface area (Å²) in [6.45, 7) is 4.56. The van der Waals surface area contributed by atoms with Crippen LogP contribution in [0.2, 0.25) is 0 Å². The molecule has 0 atom stereocenters. The third kappa shape index (κ3) is 6.08. The maximum atomic E-state index is 13.6. The second kappa shape index (κ2) is 14.2. The van der Waals surface area contributed by atoms with Gasteiger partial charge in [-0.25, -0.2) is 0 Å². The fraction of sp³-hybridized carbons (Fsp3) is 0.0943. The SMILES string of the molecule is COc1ccc(N(c2ccccc2)c2ccc3c(c2)C(C)(C)c2cc(N(c4ccccc4)c4ccc(OC(F)(F)F)c5ccccc45)c4ccccc4c2-3)c2ccccc12. The van der Waals surface area contributed by atoms with E-state index in [1.54, 1.807) is 25.3 Å². The first-order valence-corrected chi connectivity index (χ1v) is 19.9. The number of para-hydroxylation sites is 2. The van der Waals surface area contributed by atoms with Gasteiger partial charge in [0.2, 0.25) is 0 Å². The van der Waals surface area contributed by atoms with E-state index in [0.29, 0.717) is 10.8 Å². The second-order valence-electron chi connectivity index (χ2n) is 15.6. The second-order valence-corrected chi connectivity index (χ2v) is 15.6. The van der Waals surface area contributed by atoms with E-state index >= 15 is 0 Å². The van der Waals surface area contributed by atoms with Gasteiger partial charge < -0.3 is 19.3 Å². The number of hydrogen-bond acceptors (Lipinski definition) is 4. The Morgan fingerprint density at radius 2 is 0.917 bits per heavy atom. The van der Waals surface area contributed by atoms with Gasteiger partial charge >= 0.3 is 6.36 Å². The molecule has 0 heterocycles. The first kappa shape index (κ1) is 37.0. The predicted octanol–water partition coefficient (Wildman–Crippen LogP) is 15.3. The Bertz CT molecular complexity index is 3090. The molecule has 0 aliphatic heterocycles. The summed E-state index contributed by atoms with van der Waals surface area (Å²) in [5, 5.41) is 5.21. The highest BCUT2D eigenvalue weighted by molar-refractivity contribution is 6.12. The van der Waals surface area contributed by atoms with Crippen molar-refractivity contribution in [1.29, 1.82) is 0 Å². The zero-order chi connectivity index (χ0) is 41.2. The summed E-state index contributed by atoms with van der Waals surface area (Å²) in [6.07, 6.45) is -4.83. The highest BCUT2D eigenvalue weighted by atomic mass is 19.4. The number of ether oxygens (including phenoxy) is 2. The quantitative estimate of drug-likeness (QED) is 0.153. The summed E-state index contributed by atoms with van der Waals surface area (Å²) < 4.78 is 51.2. The van der Waals surface area contributed by atoms with Gasteiger partial charge in [0, 0.05) is 49.4 Å². The van der Waals surface area contributed by atoms with Crippen LogP contribution >= 0.6 is 0 Å². The van der Waals surface area contributed by atoms with Gasteiger partial charge in [-0.2, -0.15) is 0 Å². The van der Waals surface area contributed by atoms with Gasteiger partial charge in [0.25, 0.3) is 0 Å². The Morgan fingerprint density at radius 3 is 1.50 bits per heavy atom. The van der Waals surface area contributed by atoms with Crippen LogP contribution in [0, 0.1) is 0 Å². The standard InChI is InChI=1S/C53H39F3N2O2/c1-52(2)44-32-36(57(34-16-6-4-7-17-34)46-28-30-49(59-3)40-23-13-10-20-37(40)46)26-27-43(44)51-42-25-15-12-22-39(42)48(33-45(51)52)58(35-18-8-5-9-19-35)47-29-31-50(60-53(54,55)56)41-24-14-11-21-38(41)47/h4-33H,1-3H3. The Labute approximate surface area is 346 Å². The number of rotatable bonds is 8. The summed E-state index contributed by atoms with van der Waals surface area (Å²) in [5.74, 6) is 0.576. The van der Waals surface area contributed by atoms with Crippen molar-refractivity contribution in [2.45, 2.75) is 25.6 Å². The average Bonchev–Trinajstić information content (AvgIpc) is 3.50. The van der Waals surface area contributed by atoms with Gasteiger partial charge in [-0.15, -0.1) is 13.2 Å². The predicted molar refractivity (Wildman–Crippen MR) is 239 cm³/mol. The maximum Gasteiger partial charge on any atom is 0.573 e. The molecule has 1 aliphatic rings. The van der Waals surface area contributed by atoms with Crippen molar-refractivity contribution >= 4 is 66.4 Å². The molecule has 1 aliphatic carbocycles. The summed E-state index contributed by atoms with van der Waals surface area (Å²) >= 11 is 0. The van der Waals surface area contributed by atoms with E-state index in [4.69, 9.17) is 4.74 Å². The average molecular weight is 793 g/mol. The van der Waals surface area contributed by atoms with Crippen LogP contribution in [0.5, 0.6) is 11.5 Å². The number of nitrogens with zero attached hydrogens (tertiary/aromatic N) is 2. The Kier molecular flexibility index (Phi) is 8.79. The van der Waals surface area contributed by atoms with E-state index in [2.05, 4.69) is 119 Å². The first-order valence-electron chi connectivity index (χ1n) is 19.9. The number of anilines is 6. The van der Waals surface area contributed by atoms with E-state index in [1.165, 1.54) is 22.8 Å². The number of halogens is 3. The van der Waals surface area contributed by atoms with Crippen molar-refractivity contribution < 1.29 is 22.6 Å². The van der Waals surface area contributed by atoms with Crippen LogP contribution in [0.3, 0.4) is 0 Å². The molecule has 0 unspecified atom stereocenters. The fourth-order valence-electron chi connectivity index (χ4n) is 9.16. The maximum absolute atomic E-state index is 13.6. The molecule has 0 N–H and O–H groups in total. The molecule has 9 aromatic carbocycles. The van der Waals surface area contributed by atoms with E-state index in [0.717, 1.165) is 67.0 Å². The molecule has 0 fully saturated rings. The lowest BCUT2D eigenvalue weighted by atomic mass is 9.81.